The minimum Gasteiger partial charge on any atom is -0.389 e. The number of likely N-dealkylation sites (tertiary alicyclic amines) is 1. The van der Waals surface area contributed by atoms with E-state index in [9.17, 15) is 5.11 Å². The number of β-amino-alcohol motifs (C(OH)–C–C–N with tert-alkyl or cyclic N) is 1. The summed E-state index contributed by atoms with van der Waals surface area (Å²) in [6.45, 7) is 10.3. The first kappa shape index (κ1) is 14.9. The summed E-state index contributed by atoms with van der Waals surface area (Å²) < 4.78 is 0. The number of piperidine rings is 1. The maximum absolute atomic E-state index is 10.0. The van der Waals surface area contributed by atoms with Gasteiger partial charge in [-0.3, -0.25) is 0 Å². The summed E-state index contributed by atoms with van der Waals surface area (Å²) in [5.41, 5.74) is 5.55. The maximum atomic E-state index is 10.0. The molecule has 1 heterocycles. The second kappa shape index (κ2) is 6.17. The van der Waals surface area contributed by atoms with Gasteiger partial charge in [-0.25, -0.2) is 0 Å². The van der Waals surface area contributed by atoms with E-state index in [-0.39, 0.29) is 5.41 Å². The van der Waals surface area contributed by atoms with Gasteiger partial charge in [0.2, 0.25) is 0 Å². The van der Waals surface area contributed by atoms with Crippen LogP contribution in [0.25, 0.3) is 0 Å². The number of rotatable bonds is 6. The molecule has 3 N–H and O–H groups in total. The van der Waals surface area contributed by atoms with Crippen LogP contribution in [0.1, 0.15) is 52.9 Å². The zero-order valence-corrected chi connectivity index (χ0v) is 11.8. The van der Waals surface area contributed by atoms with Crippen LogP contribution in [0.3, 0.4) is 0 Å². The SMILES string of the molecule is CC(C)(CN)CCCCN1CCCC(C)(O)C1. The van der Waals surface area contributed by atoms with E-state index in [1.165, 1.54) is 19.3 Å². The van der Waals surface area contributed by atoms with E-state index in [2.05, 4.69) is 18.7 Å². The Bertz CT molecular complexity index is 226. The van der Waals surface area contributed by atoms with Crippen molar-refractivity contribution in [2.45, 2.75) is 58.5 Å². The number of aliphatic hydroxyl groups is 1. The molecule has 3 heteroatoms. The molecule has 1 fully saturated rings. The van der Waals surface area contributed by atoms with Crippen LogP contribution in [0.2, 0.25) is 0 Å². The third-order valence-electron chi connectivity index (χ3n) is 3.88. The summed E-state index contributed by atoms with van der Waals surface area (Å²) in [7, 11) is 0. The number of hydrogen-bond donors (Lipinski definition) is 2. The Balaban J connectivity index is 2.15. The Morgan fingerprint density at radius 3 is 2.65 bits per heavy atom. The third-order valence-corrected chi connectivity index (χ3v) is 3.88. The lowest BCUT2D eigenvalue weighted by molar-refractivity contribution is -0.0159. The smallest absolute Gasteiger partial charge is 0.0746 e. The van der Waals surface area contributed by atoms with Crippen LogP contribution in [0.15, 0.2) is 0 Å². The molecule has 0 spiro atoms. The molecule has 0 radical (unpaired) electrons. The third kappa shape index (κ3) is 5.84. The molecule has 102 valence electrons. The number of nitrogens with two attached hydrogens (primary N) is 1. The number of nitrogens with zero attached hydrogens (tertiary/aromatic N) is 1. The fourth-order valence-corrected chi connectivity index (χ4v) is 2.56. The van der Waals surface area contributed by atoms with Crippen molar-refractivity contribution in [1.29, 1.82) is 0 Å². The highest BCUT2D eigenvalue weighted by Gasteiger charge is 2.27. The molecule has 0 saturated carbocycles. The lowest BCUT2D eigenvalue weighted by atomic mass is 9.87. The molecule has 0 aromatic rings. The summed E-state index contributed by atoms with van der Waals surface area (Å²) in [4.78, 5) is 2.40. The average molecular weight is 242 g/mol. The van der Waals surface area contributed by atoms with Crippen LogP contribution in [0, 0.1) is 5.41 Å². The first-order chi connectivity index (χ1) is 7.85. The summed E-state index contributed by atoms with van der Waals surface area (Å²) in [5.74, 6) is 0. The van der Waals surface area contributed by atoms with Crippen molar-refractivity contribution in [3.63, 3.8) is 0 Å². The average Bonchev–Trinajstić information content (AvgIpc) is 2.23. The fraction of sp³-hybridized carbons (Fsp3) is 1.00. The van der Waals surface area contributed by atoms with Crippen LogP contribution >= 0.6 is 0 Å². The molecular weight excluding hydrogens is 212 g/mol. The van der Waals surface area contributed by atoms with E-state index < -0.39 is 5.60 Å². The maximum Gasteiger partial charge on any atom is 0.0746 e. The van der Waals surface area contributed by atoms with Crippen LogP contribution in [-0.4, -0.2) is 41.8 Å². The van der Waals surface area contributed by atoms with E-state index in [1.807, 2.05) is 6.92 Å². The zero-order chi connectivity index (χ0) is 12.9. The number of unbranched alkanes of at least 4 members (excludes halogenated alkanes) is 1. The first-order valence-electron chi connectivity index (χ1n) is 6.99. The van der Waals surface area contributed by atoms with Crippen molar-refractivity contribution >= 4 is 0 Å². The minimum atomic E-state index is -0.464. The fourth-order valence-electron chi connectivity index (χ4n) is 2.56. The van der Waals surface area contributed by atoms with Gasteiger partial charge in [0.1, 0.15) is 0 Å². The zero-order valence-electron chi connectivity index (χ0n) is 11.8. The monoisotopic (exact) mass is 242 g/mol. The minimum absolute atomic E-state index is 0.285. The predicted octanol–water partition coefficient (Wildman–Crippen LogP) is 1.99. The Kier molecular flexibility index (Phi) is 5.42. The molecular formula is C14H30N2O. The lowest BCUT2D eigenvalue weighted by Crippen LogP contribution is -2.46. The second-order valence-electron chi connectivity index (χ2n) is 6.70. The Morgan fingerprint density at radius 1 is 1.35 bits per heavy atom. The van der Waals surface area contributed by atoms with Gasteiger partial charge in [0.15, 0.2) is 0 Å². The molecule has 0 bridgehead atoms. The molecule has 0 aromatic heterocycles. The molecule has 17 heavy (non-hydrogen) atoms. The molecule has 1 aliphatic rings. The van der Waals surface area contributed by atoms with Crippen molar-refractivity contribution in [3.05, 3.63) is 0 Å². The van der Waals surface area contributed by atoms with Crippen molar-refractivity contribution in [1.82, 2.24) is 4.90 Å². The normalized spacial score (nSPS) is 27.4. The van der Waals surface area contributed by atoms with Crippen LogP contribution < -0.4 is 5.73 Å². The summed E-state index contributed by atoms with van der Waals surface area (Å²) in [6, 6.07) is 0. The van der Waals surface area contributed by atoms with Gasteiger partial charge in [-0.15, -0.1) is 0 Å². The van der Waals surface area contributed by atoms with Crippen molar-refractivity contribution in [2.24, 2.45) is 11.1 Å². The van der Waals surface area contributed by atoms with Crippen molar-refractivity contribution < 1.29 is 5.11 Å². The Labute approximate surface area is 106 Å². The van der Waals surface area contributed by atoms with Gasteiger partial charge < -0.3 is 15.7 Å². The van der Waals surface area contributed by atoms with Gasteiger partial charge in [0.25, 0.3) is 0 Å². The topological polar surface area (TPSA) is 49.5 Å². The van der Waals surface area contributed by atoms with Gasteiger partial charge in [-0.05, 0) is 57.7 Å². The first-order valence-corrected chi connectivity index (χ1v) is 6.99. The molecule has 0 aliphatic carbocycles. The Hall–Kier alpha value is -0.120. The molecule has 3 nitrogen and oxygen atoms in total. The van der Waals surface area contributed by atoms with Gasteiger partial charge in [-0.1, -0.05) is 20.3 Å². The van der Waals surface area contributed by atoms with Crippen molar-refractivity contribution in [3.8, 4) is 0 Å². The van der Waals surface area contributed by atoms with Gasteiger partial charge >= 0.3 is 0 Å². The highest BCUT2D eigenvalue weighted by molar-refractivity contribution is 4.82. The van der Waals surface area contributed by atoms with Crippen LogP contribution in [-0.2, 0) is 0 Å². The van der Waals surface area contributed by atoms with E-state index >= 15 is 0 Å². The van der Waals surface area contributed by atoms with E-state index in [1.54, 1.807) is 0 Å². The largest absolute Gasteiger partial charge is 0.389 e. The second-order valence-corrected chi connectivity index (χ2v) is 6.70. The summed E-state index contributed by atoms with van der Waals surface area (Å²) >= 11 is 0. The highest BCUT2D eigenvalue weighted by Crippen LogP contribution is 2.23. The molecule has 0 amide bonds. The number of hydrogen-bond acceptors (Lipinski definition) is 3. The lowest BCUT2D eigenvalue weighted by Gasteiger charge is -2.37. The quantitative estimate of drug-likeness (QED) is 0.700. The molecule has 1 aliphatic heterocycles. The standard InChI is InChI=1S/C14H30N2O/c1-13(2,11-15)7-4-5-9-16-10-6-8-14(3,17)12-16/h17H,4-12,15H2,1-3H3. The molecule has 0 aromatic carbocycles. The predicted molar refractivity (Wildman–Crippen MR) is 73.0 cm³/mol. The van der Waals surface area contributed by atoms with Crippen LogP contribution in [0.4, 0.5) is 0 Å². The van der Waals surface area contributed by atoms with Gasteiger partial charge in [0.05, 0.1) is 5.60 Å². The molecule has 1 unspecified atom stereocenters. The van der Waals surface area contributed by atoms with E-state index in [0.29, 0.717) is 0 Å². The summed E-state index contributed by atoms with van der Waals surface area (Å²) in [6.07, 6.45) is 5.74. The van der Waals surface area contributed by atoms with Gasteiger partial charge in [-0.2, -0.15) is 0 Å². The molecule has 1 atom stereocenters. The molecule has 1 saturated heterocycles. The Morgan fingerprint density at radius 2 is 2.06 bits per heavy atom. The van der Waals surface area contributed by atoms with E-state index in [4.69, 9.17) is 5.73 Å². The van der Waals surface area contributed by atoms with Crippen molar-refractivity contribution in [2.75, 3.05) is 26.2 Å². The van der Waals surface area contributed by atoms with E-state index in [0.717, 1.165) is 39.0 Å². The summed E-state index contributed by atoms with van der Waals surface area (Å²) in [5, 5.41) is 10.0. The molecule has 1 rings (SSSR count). The van der Waals surface area contributed by atoms with Crippen LogP contribution in [0.5, 0.6) is 0 Å². The van der Waals surface area contributed by atoms with Gasteiger partial charge in [0, 0.05) is 6.54 Å². The highest BCUT2D eigenvalue weighted by atomic mass is 16.3.